The van der Waals surface area contributed by atoms with Crippen molar-refractivity contribution in [2.45, 2.75) is 38.3 Å². The van der Waals surface area contributed by atoms with Gasteiger partial charge >= 0.3 is 0 Å². The van der Waals surface area contributed by atoms with E-state index in [9.17, 15) is 4.39 Å². The molecule has 0 aliphatic carbocycles. The van der Waals surface area contributed by atoms with E-state index in [4.69, 9.17) is 10.5 Å². The molecule has 2 N–H and O–H groups in total. The Morgan fingerprint density at radius 1 is 1.42 bits per heavy atom. The van der Waals surface area contributed by atoms with Gasteiger partial charge in [0.2, 0.25) is 0 Å². The molecule has 1 fully saturated rings. The Hall–Kier alpha value is -1.13. The van der Waals surface area contributed by atoms with E-state index < -0.39 is 0 Å². The Balaban J connectivity index is 2.25. The van der Waals surface area contributed by atoms with Gasteiger partial charge in [-0.15, -0.1) is 0 Å². The van der Waals surface area contributed by atoms with Crippen LogP contribution in [0.2, 0.25) is 0 Å². The summed E-state index contributed by atoms with van der Waals surface area (Å²) in [5.74, 6) is -0.160. The molecule has 1 heterocycles. The van der Waals surface area contributed by atoms with Crippen molar-refractivity contribution < 1.29 is 9.13 Å². The van der Waals surface area contributed by atoms with Crippen molar-refractivity contribution in [3.8, 4) is 0 Å². The summed E-state index contributed by atoms with van der Waals surface area (Å²) < 4.78 is 19.6. The summed E-state index contributed by atoms with van der Waals surface area (Å²) in [4.78, 5) is 2.07. The number of ether oxygens (including phenoxy) is 1. The maximum Gasteiger partial charge on any atom is 0.146 e. The molecule has 1 unspecified atom stereocenters. The van der Waals surface area contributed by atoms with Crippen LogP contribution in [-0.2, 0) is 11.2 Å². The minimum Gasteiger partial charge on any atom is -0.381 e. The molecule has 1 aromatic carbocycles. The van der Waals surface area contributed by atoms with Gasteiger partial charge in [0.05, 0.1) is 5.69 Å². The van der Waals surface area contributed by atoms with Crippen molar-refractivity contribution >= 4 is 5.69 Å². The highest BCUT2D eigenvalue weighted by molar-refractivity contribution is 5.55. The van der Waals surface area contributed by atoms with Gasteiger partial charge in [0.1, 0.15) is 5.82 Å². The number of rotatable bonds is 4. The molecule has 1 atom stereocenters. The van der Waals surface area contributed by atoms with Crippen LogP contribution in [0.1, 0.15) is 25.3 Å². The first-order valence-corrected chi connectivity index (χ1v) is 6.93. The van der Waals surface area contributed by atoms with Crippen molar-refractivity contribution in [3.05, 3.63) is 29.6 Å². The van der Waals surface area contributed by atoms with Crippen molar-refractivity contribution in [1.82, 2.24) is 0 Å². The van der Waals surface area contributed by atoms with Crippen molar-refractivity contribution in [3.63, 3.8) is 0 Å². The van der Waals surface area contributed by atoms with Gasteiger partial charge < -0.3 is 15.4 Å². The SMILES string of the molecule is CC(N)Cc1cccc(F)c1N(C)C1CCOCC1. The van der Waals surface area contributed by atoms with E-state index in [2.05, 4.69) is 4.90 Å². The second-order valence-corrected chi connectivity index (χ2v) is 5.38. The molecular formula is C15H23FN2O. The molecule has 0 radical (unpaired) electrons. The third-order valence-corrected chi connectivity index (χ3v) is 3.70. The number of hydrogen-bond acceptors (Lipinski definition) is 3. The molecule has 19 heavy (non-hydrogen) atoms. The molecule has 0 amide bonds. The summed E-state index contributed by atoms with van der Waals surface area (Å²) in [6.07, 6.45) is 2.59. The van der Waals surface area contributed by atoms with Crippen LogP contribution in [0.15, 0.2) is 18.2 Å². The fraction of sp³-hybridized carbons (Fsp3) is 0.600. The molecule has 0 saturated carbocycles. The number of benzene rings is 1. The lowest BCUT2D eigenvalue weighted by molar-refractivity contribution is 0.0853. The number of anilines is 1. The Morgan fingerprint density at radius 3 is 2.74 bits per heavy atom. The zero-order chi connectivity index (χ0) is 13.8. The topological polar surface area (TPSA) is 38.5 Å². The van der Waals surface area contributed by atoms with E-state index in [0.29, 0.717) is 18.2 Å². The first kappa shape index (κ1) is 14.3. The number of halogens is 1. The Morgan fingerprint density at radius 2 is 2.11 bits per heavy atom. The van der Waals surface area contributed by atoms with E-state index in [1.807, 2.05) is 20.0 Å². The second-order valence-electron chi connectivity index (χ2n) is 5.38. The van der Waals surface area contributed by atoms with Crippen LogP contribution in [0.3, 0.4) is 0 Å². The highest BCUT2D eigenvalue weighted by Gasteiger charge is 2.23. The number of nitrogens with two attached hydrogens (primary N) is 1. The first-order valence-electron chi connectivity index (χ1n) is 6.93. The molecule has 1 aliphatic heterocycles. The summed E-state index contributed by atoms with van der Waals surface area (Å²) in [5, 5.41) is 0. The molecule has 1 aliphatic rings. The number of hydrogen-bond donors (Lipinski definition) is 1. The lowest BCUT2D eigenvalue weighted by Crippen LogP contribution is -2.38. The van der Waals surface area contributed by atoms with Crippen LogP contribution in [0, 0.1) is 5.82 Å². The molecule has 1 saturated heterocycles. The summed E-state index contributed by atoms with van der Waals surface area (Å²) in [6.45, 7) is 3.46. The summed E-state index contributed by atoms with van der Waals surface area (Å²) in [6, 6.07) is 5.63. The predicted octanol–water partition coefficient (Wildman–Crippen LogP) is 2.33. The maximum absolute atomic E-state index is 14.2. The van der Waals surface area contributed by atoms with Gasteiger partial charge in [-0.05, 0) is 37.8 Å². The van der Waals surface area contributed by atoms with Crippen LogP contribution >= 0.6 is 0 Å². The minimum atomic E-state index is -0.160. The fourth-order valence-electron chi connectivity index (χ4n) is 2.72. The third kappa shape index (κ3) is 3.45. The van der Waals surface area contributed by atoms with Gasteiger partial charge in [-0.1, -0.05) is 12.1 Å². The van der Waals surface area contributed by atoms with Crippen LogP contribution < -0.4 is 10.6 Å². The largest absolute Gasteiger partial charge is 0.381 e. The minimum absolute atomic E-state index is 0.0311. The normalized spacial score (nSPS) is 18.3. The summed E-state index contributed by atoms with van der Waals surface area (Å²) in [5.41, 5.74) is 7.55. The van der Waals surface area contributed by atoms with Gasteiger partial charge in [0.25, 0.3) is 0 Å². The van der Waals surface area contributed by atoms with Crippen molar-refractivity contribution in [2.24, 2.45) is 5.73 Å². The van der Waals surface area contributed by atoms with Crippen LogP contribution in [0.5, 0.6) is 0 Å². The van der Waals surface area contributed by atoms with Crippen molar-refractivity contribution in [1.29, 1.82) is 0 Å². The lowest BCUT2D eigenvalue weighted by atomic mass is 10.0. The summed E-state index contributed by atoms with van der Waals surface area (Å²) >= 11 is 0. The predicted molar refractivity (Wildman–Crippen MR) is 76.0 cm³/mol. The smallest absolute Gasteiger partial charge is 0.146 e. The number of para-hydroxylation sites is 1. The molecule has 1 aromatic rings. The molecule has 106 valence electrons. The van der Waals surface area contributed by atoms with E-state index in [1.165, 1.54) is 6.07 Å². The van der Waals surface area contributed by atoms with E-state index in [0.717, 1.165) is 31.6 Å². The zero-order valence-corrected chi connectivity index (χ0v) is 11.7. The highest BCUT2D eigenvalue weighted by atomic mass is 19.1. The second kappa shape index (κ2) is 6.35. The molecule has 3 nitrogen and oxygen atoms in total. The van der Waals surface area contributed by atoms with Gasteiger partial charge in [0.15, 0.2) is 0 Å². The van der Waals surface area contributed by atoms with Gasteiger partial charge in [-0.2, -0.15) is 0 Å². The molecule has 0 aromatic heterocycles. The van der Waals surface area contributed by atoms with Gasteiger partial charge in [0, 0.05) is 32.3 Å². The highest BCUT2D eigenvalue weighted by Crippen LogP contribution is 2.28. The van der Waals surface area contributed by atoms with Gasteiger partial charge in [-0.3, -0.25) is 0 Å². The Bertz CT molecular complexity index is 417. The Labute approximate surface area is 114 Å². The van der Waals surface area contributed by atoms with E-state index in [1.54, 1.807) is 6.07 Å². The standard InChI is InChI=1S/C15H23FN2O/c1-11(17)10-12-4-3-5-14(16)15(12)18(2)13-6-8-19-9-7-13/h3-5,11,13H,6-10,17H2,1-2H3. The quantitative estimate of drug-likeness (QED) is 0.909. The Kier molecular flexibility index (Phi) is 4.77. The van der Waals surface area contributed by atoms with E-state index in [-0.39, 0.29) is 11.9 Å². The maximum atomic E-state index is 14.2. The third-order valence-electron chi connectivity index (χ3n) is 3.70. The summed E-state index contributed by atoms with van der Waals surface area (Å²) in [7, 11) is 1.97. The molecule has 2 rings (SSSR count). The monoisotopic (exact) mass is 266 g/mol. The molecule has 0 spiro atoms. The average molecular weight is 266 g/mol. The average Bonchev–Trinajstić information content (AvgIpc) is 2.38. The van der Waals surface area contributed by atoms with E-state index >= 15 is 0 Å². The van der Waals surface area contributed by atoms with Crippen LogP contribution in [0.4, 0.5) is 10.1 Å². The van der Waals surface area contributed by atoms with Crippen LogP contribution in [0.25, 0.3) is 0 Å². The molecule has 4 heteroatoms. The van der Waals surface area contributed by atoms with Crippen molar-refractivity contribution in [2.75, 3.05) is 25.2 Å². The molecular weight excluding hydrogens is 243 g/mol. The molecule has 0 bridgehead atoms. The fourth-order valence-corrected chi connectivity index (χ4v) is 2.72. The zero-order valence-electron chi connectivity index (χ0n) is 11.7. The first-order chi connectivity index (χ1) is 9.09. The van der Waals surface area contributed by atoms with Gasteiger partial charge in [-0.25, -0.2) is 4.39 Å². The van der Waals surface area contributed by atoms with Crippen LogP contribution in [-0.4, -0.2) is 32.3 Å². The lowest BCUT2D eigenvalue weighted by Gasteiger charge is -2.34. The number of nitrogens with zero attached hydrogens (tertiary/aromatic N) is 1.